The van der Waals surface area contributed by atoms with Gasteiger partial charge < -0.3 is 10.4 Å². The number of amides is 1. The minimum atomic E-state index is -0.218. The molecule has 0 unspecified atom stereocenters. The number of aromatic hydroxyl groups is 1. The van der Waals surface area contributed by atoms with Gasteiger partial charge in [-0.05, 0) is 78.3 Å². The maximum Gasteiger partial charge on any atom is 0.256 e. The van der Waals surface area contributed by atoms with Gasteiger partial charge in [0.1, 0.15) is 5.75 Å². The van der Waals surface area contributed by atoms with Crippen molar-refractivity contribution in [3.63, 3.8) is 0 Å². The van der Waals surface area contributed by atoms with Crippen LogP contribution in [-0.4, -0.2) is 11.0 Å². The first-order valence-electron chi connectivity index (χ1n) is 9.54. The molecule has 3 nitrogen and oxygen atoms in total. The van der Waals surface area contributed by atoms with E-state index in [1.807, 2.05) is 32.0 Å². The van der Waals surface area contributed by atoms with Crippen LogP contribution < -0.4 is 5.32 Å². The van der Waals surface area contributed by atoms with Gasteiger partial charge in [0.2, 0.25) is 0 Å². The Labute approximate surface area is 165 Å². The van der Waals surface area contributed by atoms with E-state index in [1.54, 1.807) is 18.2 Å². The van der Waals surface area contributed by atoms with Gasteiger partial charge in [0.25, 0.3) is 5.91 Å². The van der Waals surface area contributed by atoms with Crippen LogP contribution in [-0.2, 0) is 6.42 Å². The fraction of sp³-hybridized carbons (Fsp3) is 0.160. The summed E-state index contributed by atoms with van der Waals surface area (Å²) in [4.78, 5) is 12.7. The molecule has 28 heavy (non-hydrogen) atoms. The third-order valence-electron chi connectivity index (χ3n) is 5.47. The van der Waals surface area contributed by atoms with E-state index in [0.717, 1.165) is 35.1 Å². The number of fused-ring (bicyclic) bond motifs is 1. The molecule has 3 aromatic carbocycles. The summed E-state index contributed by atoms with van der Waals surface area (Å²) in [6, 6.07) is 17.3. The van der Waals surface area contributed by atoms with Gasteiger partial charge >= 0.3 is 0 Å². The molecule has 0 bridgehead atoms. The maximum absolute atomic E-state index is 12.7. The number of carbonyl (C=O) groups excluding carboxylic acids is 1. The third-order valence-corrected chi connectivity index (χ3v) is 5.47. The van der Waals surface area contributed by atoms with Crippen LogP contribution in [0.2, 0.25) is 0 Å². The van der Waals surface area contributed by atoms with Crippen LogP contribution in [0.3, 0.4) is 0 Å². The highest BCUT2D eigenvalue weighted by molar-refractivity contribution is 6.06. The molecule has 0 fully saturated rings. The van der Waals surface area contributed by atoms with Crippen LogP contribution in [0.15, 0.2) is 60.7 Å². The standard InChI is InChI=1S/C25H23NO2/c1-16-7-5-11-20(17(16)2)25(28)26-23-14-13-19(15-24(23)27)22-12-6-9-18-8-3-4-10-21(18)22/h4-7,9-15,27H,3,8H2,1-2H3,(H,26,28). The number of rotatable bonds is 3. The average Bonchev–Trinajstić information content (AvgIpc) is 2.71. The highest BCUT2D eigenvalue weighted by Crippen LogP contribution is 2.35. The first-order valence-corrected chi connectivity index (χ1v) is 9.54. The van der Waals surface area contributed by atoms with Gasteiger partial charge in [0.05, 0.1) is 5.69 Å². The maximum atomic E-state index is 12.7. The molecule has 3 heteroatoms. The lowest BCUT2D eigenvalue weighted by atomic mass is 9.90. The molecule has 3 aromatic rings. The van der Waals surface area contributed by atoms with Crippen molar-refractivity contribution in [2.45, 2.75) is 26.7 Å². The van der Waals surface area contributed by atoms with Gasteiger partial charge in [-0.15, -0.1) is 0 Å². The Balaban J connectivity index is 1.64. The van der Waals surface area contributed by atoms with E-state index in [0.29, 0.717) is 11.3 Å². The smallest absolute Gasteiger partial charge is 0.256 e. The molecule has 1 aliphatic rings. The Kier molecular flexibility index (Phi) is 4.74. The van der Waals surface area contributed by atoms with E-state index < -0.39 is 0 Å². The predicted molar refractivity (Wildman–Crippen MR) is 115 cm³/mol. The highest BCUT2D eigenvalue weighted by Gasteiger charge is 2.15. The Hall–Kier alpha value is -3.33. The van der Waals surface area contributed by atoms with Gasteiger partial charge in [-0.1, -0.05) is 48.6 Å². The van der Waals surface area contributed by atoms with Crippen molar-refractivity contribution in [2.24, 2.45) is 0 Å². The van der Waals surface area contributed by atoms with Crippen molar-refractivity contribution in [1.82, 2.24) is 0 Å². The van der Waals surface area contributed by atoms with Gasteiger partial charge in [-0.2, -0.15) is 0 Å². The van der Waals surface area contributed by atoms with E-state index in [1.165, 1.54) is 11.1 Å². The molecule has 0 radical (unpaired) electrons. The molecule has 2 N–H and O–H groups in total. The average molecular weight is 369 g/mol. The molecule has 0 spiro atoms. The van der Waals surface area contributed by atoms with Gasteiger partial charge in [-0.25, -0.2) is 0 Å². The lowest BCUT2D eigenvalue weighted by Crippen LogP contribution is -2.14. The molecular weight excluding hydrogens is 346 g/mol. The Morgan fingerprint density at radius 3 is 2.68 bits per heavy atom. The van der Waals surface area contributed by atoms with Crippen LogP contribution in [0.1, 0.15) is 39.0 Å². The number of allylic oxidation sites excluding steroid dienone is 1. The van der Waals surface area contributed by atoms with Crippen LogP contribution in [0.4, 0.5) is 5.69 Å². The molecule has 0 aliphatic heterocycles. The minimum absolute atomic E-state index is 0.0635. The summed E-state index contributed by atoms with van der Waals surface area (Å²) in [5.41, 5.74) is 7.60. The minimum Gasteiger partial charge on any atom is -0.506 e. The molecule has 0 atom stereocenters. The number of phenols is 1. The zero-order chi connectivity index (χ0) is 19.7. The molecular formula is C25H23NO2. The Bertz CT molecular complexity index is 1100. The summed E-state index contributed by atoms with van der Waals surface area (Å²) in [5.74, 6) is -0.155. The second kappa shape index (κ2) is 7.35. The first-order chi connectivity index (χ1) is 13.5. The summed E-state index contributed by atoms with van der Waals surface area (Å²) in [5, 5.41) is 13.4. The second-order valence-electron chi connectivity index (χ2n) is 7.25. The van der Waals surface area contributed by atoms with Gasteiger partial charge in [0, 0.05) is 5.56 Å². The number of hydrogen-bond acceptors (Lipinski definition) is 2. The number of phenolic OH excluding ortho intramolecular Hbond substituents is 1. The zero-order valence-electron chi connectivity index (χ0n) is 16.1. The lowest BCUT2D eigenvalue weighted by Gasteiger charge is -2.16. The van der Waals surface area contributed by atoms with Crippen molar-refractivity contribution in [3.8, 4) is 16.9 Å². The molecule has 4 rings (SSSR count). The monoisotopic (exact) mass is 369 g/mol. The topological polar surface area (TPSA) is 49.3 Å². The van der Waals surface area contributed by atoms with Crippen LogP contribution in [0.5, 0.6) is 5.75 Å². The van der Waals surface area contributed by atoms with Crippen LogP contribution in [0.25, 0.3) is 17.2 Å². The fourth-order valence-corrected chi connectivity index (χ4v) is 3.71. The number of anilines is 1. The summed E-state index contributed by atoms with van der Waals surface area (Å²) in [6.45, 7) is 3.91. The quantitative estimate of drug-likeness (QED) is 0.566. The fourth-order valence-electron chi connectivity index (χ4n) is 3.71. The molecule has 0 heterocycles. The van der Waals surface area contributed by atoms with E-state index in [2.05, 4.69) is 35.7 Å². The zero-order valence-corrected chi connectivity index (χ0v) is 16.1. The summed E-state index contributed by atoms with van der Waals surface area (Å²) in [6.07, 6.45) is 6.44. The SMILES string of the molecule is Cc1cccc(C(=O)Nc2ccc(-c3cccc4c3C=CCC4)cc2O)c1C. The van der Waals surface area contributed by atoms with Gasteiger partial charge in [0.15, 0.2) is 0 Å². The first kappa shape index (κ1) is 18.1. The van der Waals surface area contributed by atoms with Crippen molar-refractivity contribution in [1.29, 1.82) is 0 Å². The van der Waals surface area contributed by atoms with Crippen molar-refractivity contribution >= 4 is 17.7 Å². The van der Waals surface area contributed by atoms with E-state index >= 15 is 0 Å². The number of carbonyl (C=O) groups is 1. The third kappa shape index (κ3) is 3.31. The summed E-state index contributed by atoms with van der Waals surface area (Å²) < 4.78 is 0. The van der Waals surface area contributed by atoms with Gasteiger partial charge in [-0.3, -0.25) is 4.79 Å². The molecule has 1 amide bonds. The molecule has 0 aromatic heterocycles. The van der Waals surface area contributed by atoms with E-state index in [-0.39, 0.29) is 11.7 Å². The summed E-state index contributed by atoms with van der Waals surface area (Å²) >= 11 is 0. The molecule has 0 saturated heterocycles. The normalized spacial score (nSPS) is 12.5. The van der Waals surface area contributed by atoms with E-state index in [4.69, 9.17) is 0 Å². The number of hydrogen-bond donors (Lipinski definition) is 2. The Morgan fingerprint density at radius 1 is 1.04 bits per heavy atom. The Morgan fingerprint density at radius 2 is 1.86 bits per heavy atom. The highest BCUT2D eigenvalue weighted by atomic mass is 16.3. The number of aryl methyl sites for hydroxylation is 2. The van der Waals surface area contributed by atoms with Crippen LogP contribution in [0, 0.1) is 13.8 Å². The van der Waals surface area contributed by atoms with Crippen molar-refractivity contribution in [2.75, 3.05) is 5.32 Å². The number of nitrogens with one attached hydrogen (secondary N) is 1. The van der Waals surface area contributed by atoms with E-state index in [9.17, 15) is 9.90 Å². The lowest BCUT2D eigenvalue weighted by molar-refractivity contribution is 0.102. The number of benzene rings is 3. The van der Waals surface area contributed by atoms with Crippen LogP contribution >= 0.6 is 0 Å². The van der Waals surface area contributed by atoms with Crippen molar-refractivity contribution < 1.29 is 9.90 Å². The second-order valence-corrected chi connectivity index (χ2v) is 7.25. The predicted octanol–water partition coefficient (Wildman–Crippen LogP) is 5.89. The molecule has 1 aliphatic carbocycles. The van der Waals surface area contributed by atoms with Crippen molar-refractivity contribution in [3.05, 3.63) is 88.5 Å². The molecule has 140 valence electrons. The largest absolute Gasteiger partial charge is 0.506 e. The summed E-state index contributed by atoms with van der Waals surface area (Å²) in [7, 11) is 0. The molecule has 0 saturated carbocycles.